The highest BCUT2D eigenvalue weighted by atomic mass is 35.5. The normalized spacial score (nSPS) is 10.6. The van der Waals surface area contributed by atoms with Crippen molar-refractivity contribution in [3.8, 4) is 0 Å². The summed E-state index contributed by atoms with van der Waals surface area (Å²) in [5.41, 5.74) is 0.825. The molecule has 4 nitrogen and oxygen atoms in total. The summed E-state index contributed by atoms with van der Waals surface area (Å²) in [6, 6.07) is 1.70. The van der Waals surface area contributed by atoms with Gasteiger partial charge in [0.05, 0.1) is 0 Å². The molecule has 6 heteroatoms. The molecule has 0 saturated heterocycles. The van der Waals surface area contributed by atoms with Gasteiger partial charge < -0.3 is 4.57 Å². The molecule has 0 aliphatic heterocycles. The zero-order valence-electron chi connectivity index (χ0n) is 7.98. The lowest BCUT2D eigenvalue weighted by Gasteiger charge is -2.03. The van der Waals surface area contributed by atoms with Crippen LogP contribution in [0.1, 0.15) is 11.4 Å². The van der Waals surface area contributed by atoms with Gasteiger partial charge in [-0.2, -0.15) is 0 Å². The third kappa shape index (κ3) is 2.27. The van der Waals surface area contributed by atoms with Crippen LogP contribution in [0.4, 0.5) is 0 Å². The lowest BCUT2D eigenvalue weighted by Crippen LogP contribution is -2.00. The monoisotopic (exact) mass is 242 g/mol. The topological polar surface area (TPSA) is 43.6 Å². The number of halogens is 2. The van der Waals surface area contributed by atoms with Crippen molar-refractivity contribution in [3.05, 3.63) is 40.2 Å². The van der Waals surface area contributed by atoms with Gasteiger partial charge in [-0.15, -0.1) is 10.2 Å². The third-order valence-electron chi connectivity index (χ3n) is 2.06. The number of nitrogens with zero attached hydrogens (tertiary/aromatic N) is 4. The molecule has 0 aliphatic rings. The van der Waals surface area contributed by atoms with Crippen LogP contribution >= 0.6 is 23.2 Å². The van der Waals surface area contributed by atoms with Gasteiger partial charge in [0.1, 0.15) is 5.82 Å². The molecule has 78 valence electrons. The molecule has 2 aromatic rings. The van der Waals surface area contributed by atoms with Gasteiger partial charge in [-0.3, -0.25) is 0 Å². The van der Waals surface area contributed by atoms with Crippen LogP contribution in [0, 0.1) is 0 Å². The van der Waals surface area contributed by atoms with Crippen molar-refractivity contribution in [1.29, 1.82) is 0 Å². The molecule has 2 heterocycles. The van der Waals surface area contributed by atoms with E-state index in [0.29, 0.717) is 16.7 Å². The summed E-state index contributed by atoms with van der Waals surface area (Å²) < 4.78 is 1.92. The Morgan fingerprint density at radius 3 is 2.80 bits per heavy atom. The molecule has 0 amide bonds. The number of hydrogen-bond donors (Lipinski definition) is 0. The van der Waals surface area contributed by atoms with E-state index in [1.165, 1.54) is 0 Å². The number of imidazole rings is 1. The second kappa shape index (κ2) is 4.16. The van der Waals surface area contributed by atoms with E-state index in [1.54, 1.807) is 12.3 Å². The summed E-state index contributed by atoms with van der Waals surface area (Å²) in [5, 5.41) is 8.08. The Morgan fingerprint density at radius 1 is 1.33 bits per heavy atom. The number of rotatable bonds is 2. The molecular weight excluding hydrogens is 235 g/mol. The second-order valence-corrected chi connectivity index (χ2v) is 3.86. The van der Waals surface area contributed by atoms with E-state index in [-0.39, 0.29) is 0 Å². The molecule has 0 spiro atoms. The average molecular weight is 243 g/mol. The van der Waals surface area contributed by atoms with Gasteiger partial charge in [-0.1, -0.05) is 23.2 Å². The minimum atomic E-state index is 0.337. The first-order chi connectivity index (χ1) is 7.16. The van der Waals surface area contributed by atoms with E-state index in [9.17, 15) is 0 Å². The standard InChI is InChI=1S/C9H8Cl2N4/c1-15-3-2-12-8(15)5-6-4-7(10)13-14-9(6)11/h2-4H,5H2,1H3. The molecule has 0 aromatic carbocycles. The molecule has 0 saturated carbocycles. The van der Waals surface area contributed by atoms with Crippen molar-refractivity contribution in [3.63, 3.8) is 0 Å². The molecule has 0 aliphatic carbocycles. The van der Waals surface area contributed by atoms with E-state index in [1.807, 2.05) is 17.8 Å². The van der Waals surface area contributed by atoms with Crippen LogP contribution in [-0.2, 0) is 13.5 Å². The molecule has 0 atom stereocenters. The molecule has 0 unspecified atom stereocenters. The Balaban J connectivity index is 2.32. The maximum absolute atomic E-state index is 5.90. The predicted octanol–water partition coefficient (Wildman–Crippen LogP) is 2.11. The molecule has 0 radical (unpaired) electrons. The molecule has 2 rings (SSSR count). The van der Waals surface area contributed by atoms with Crippen molar-refractivity contribution in [2.45, 2.75) is 6.42 Å². The zero-order valence-corrected chi connectivity index (χ0v) is 9.50. The van der Waals surface area contributed by atoms with Crippen LogP contribution in [-0.4, -0.2) is 19.7 Å². The highest BCUT2D eigenvalue weighted by Gasteiger charge is 2.07. The number of aromatic nitrogens is 4. The highest BCUT2D eigenvalue weighted by molar-refractivity contribution is 6.31. The van der Waals surface area contributed by atoms with Crippen molar-refractivity contribution in [2.24, 2.45) is 7.05 Å². The van der Waals surface area contributed by atoms with Crippen LogP contribution in [0.25, 0.3) is 0 Å². The molecule has 0 bridgehead atoms. The summed E-state index contributed by atoms with van der Waals surface area (Å²) in [5.74, 6) is 0.904. The fourth-order valence-electron chi connectivity index (χ4n) is 1.25. The Hall–Kier alpha value is -1.13. The summed E-state index contributed by atoms with van der Waals surface area (Å²) in [6.45, 7) is 0. The quantitative estimate of drug-likeness (QED) is 0.811. The molecule has 0 fully saturated rings. The largest absolute Gasteiger partial charge is 0.338 e. The van der Waals surface area contributed by atoms with E-state index in [2.05, 4.69) is 15.2 Å². The Kier molecular flexibility index (Phi) is 2.88. The van der Waals surface area contributed by atoms with Crippen LogP contribution in [0.15, 0.2) is 18.5 Å². The lowest BCUT2D eigenvalue weighted by atomic mass is 10.2. The SMILES string of the molecule is Cn1ccnc1Cc1cc(Cl)nnc1Cl. The Bertz CT molecular complexity index is 481. The Labute approximate surface area is 96.9 Å². The van der Waals surface area contributed by atoms with Gasteiger partial charge in [-0.25, -0.2) is 4.98 Å². The van der Waals surface area contributed by atoms with Crippen LogP contribution < -0.4 is 0 Å². The van der Waals surface area contributed by atoms with Gasteiger partial charge in [-0.05, 0) is 6.07 Å². The minimum absolute atomic E-state index is 0.337. The number of aryl methyl sites for hydroxylation is 1. The third-order valence-corrected chi connectivity index (χ3v) is 2.56. The van der Waals surface area contributed by atoms with Crippen molar-refractivity contribution >= 4 is 23.2 Å². The van der Waals surface area contributed by atoms with Gasteiger partial charge in [0.2, 0.25) is 0 Å². The lowest BCUT2D eigenvalue weighted by molar-refractivity contribution is 0.817. The summed E-state index contributed by atoms with van der Waals surface area (Å²) in [7, 11) is 1.92. The summed E-state index contributed by atoms with van der Waals surface area (Å²) in [4.78, 5) is 4.19. The van der Waals surface area contributed by atoms with Gasteiger partial charge in [0.15, 0.2) is 10.3 Å². The summed E-state index contributed by atoms with van der Waals surface area (Å²) >= 11 is 11.6. The maximum Gasteiger partial charge on any atom is 0.155 e. The van der Waals surface area contributed by atoms with Gasteiger partial charge in [0, 0.05) is 31.4 Å². The fraction of sp³-hybridized carbons (Fsp3) is 0.222. The average Bonchev–Trinajstić information content (AvgIpc) is 2.58. The van der Waals surface area contributed by atoms with E-state index in [4.69, 9.17) is 23.2 Å². The predicted molar refractivity (Wildman–Crippen MR) is 58.1 cm³/mol. The highest BCUT2D eigenvalue weighted by Crippen LogP contribution is 2.18. The number of hydrogen-bond acceptors (Lipinski definition) is 3. The first-order valence-electron chi connectivity index (χ1n) is 4.30. The van der Waals surface area contributed by atoms with E-state index < -0.39 is 0 Å². The summed E-state index contributed by atoms with van der Waals surface area (Å²) in [6.07, 6.45) is 4.20. The van der Waals surface area contributed by atoms with Crippen LogP contribution in [0.5, 0.6) is 0 Å². The molecular formula is C9H8Cl2N4. The first-order valence-corrected chi connectivity index (χ1v) is 5.06. The molecule has 2 aromatic heterocycles. The van der Waals surface area contributed by atoms with E-state index in [0.717, 1.165) is 11.4 Å². The van der Waals surface area contributed by atoms with Crippen molar-refractivity contribution < 1.29 is 0 Å². The van der Waals surface area contributed by atoms with Gasteiger partial charge >= 0.3 is 0 Å². The van der Waals surface area contributed by atoms with E-state index >= 15 is 0 Å². The molecule has 0 N–H and O–H groups in total. The fourth-order valence-corrected chi connectivity index (χ4v) is 1.58. The Morgan fingerprint density at radius 2 is 2.13 bits per heavy atom. The maximum atomic E-state index is 5.90. The minimum Gasteiger partial charge on any atom is -0.338 e. The zero-order chi connectivity index (χ0) is 10.8. The van der Waals surface area contributed by atoms with Crippen molar-refractivity contribution in [2.75, 3.05) is 0 Å². The smallest absolute Gasteiger partial charge is 0.155 e. The first kappa shape index (κ1) is 10.4. The van der Waals surface area contributed by atoms with Gasteiger partial charge in [0.25, 0.3) is 0 Å². The van der Waals surface area contributed by atoms with Crippen molar-refractivity contribution in [1.82, 2.24) is 19.7 Å². The second-order valence-electron chi connectivity index (χ2n) is 3.11. The van der Waals surface area contributed by atoms with Crippen LogP contribution in [0.3, 0.4) is 0 Å². The van der Waals surface area contributed by atoms with Crippen LogP contribution in [0.2, 0.25) is 10.3 Å². The molecule has 15 heavy (non-hydrogen) atoms.